The highest BCUT2D eigenvalue weighted by Crippen LogP contribution is 2.27. The van der Waals surface area contributed by atoms with Crippen molar-refractivity contribution in [3.8, 4) is 0 Å². The Labute approximate surface area is 126 Å². The minimum absolute atomic E-state index is 0.00609. The van der Waals surface area contributed by atoms with Gasteiger partial charge in [-0.15, -0.1) is 0 Å². The van der Waals surface area contributed by atoms with Crippen LogP contribution >= 0.6 is 15.9 Å². The van der Waals surface area contributed by atoms with Gasteiger partial charge in [0.15, 0.2) is 9.84 Å². The van der Waals surface area contributed by atoms with Crippen LogP contribution in [0.15, 0.2) is 28.7 Å². The van der Waals surface area contributed by atoms with Gasteiger partial charge in [-0.2, -0.15) is 0 Å². The zero-order chi connectivity index (χ0) is 14.3. The SMILES string of the molecule is O=C(c1ccccc1Br)N1CCOC2CS(=O)(=O)CC21. The number of carbonyl (C=O) groups excluding carboxylic acids is 1. The second-order valence-electron chi connectivity index (χ2n) is 5.03. The first-order valence-electron chi connectivity index (χ1n) is 6.35. The number of ether oxygens (including phenoxy) is 1. The molecule has 0 aliphatic carbocycles. The van der Waals surface area contributed by atoms with Gasteiger partial charge in [-0.05, 0) is 28.1 Å². The minimum Gasteiger partial charge on any atom is -0.373 e. The first-order chi connectivity index (χ1) is 9.48. The predicted molar refractivity (Wildman–Crippen MR) is 77.4 cm³/mol. The molecular formula is C13H14BrNO4S. The van der Waals surface area contributed by atoms with Crippen molar-refractivity contribution < 1.29 is 17.9 Å². The topological polar surface area (TPSA) is 63.7 Å². The average Bonchev–Trinajstić information content (AvgIpc) is 2.72. The van der Waals surface area contributed by atoms with E-state index in [0.717, 1.165) is 0 Å². The molecule has 2 heterocycles. The van der Waals surface area contributed by atoms with Crippen LogP contribution in [0.25, 0.3) is 0 Å². The van der Waals surface area contributed by atoms with Crippen LogP contribution in [0, 0.1) is 0 Å². The van der Waals surface area contributed by atoms with E-state index in [1.54, 1.807) is 23.1 Å². The summed E-state index contributed by atoms with van der Waals surface area (Å²) in [6.45, 7) is 0.809. The van der Waals surface area contributed by atoms with Gasteiger partial charge in [-0.1, -0.05) is 12.1 Å². The Bertz CT molecular complexity index is 646. The van der Waals surface area contributed by atoms with Crippen molar-refractivity contribution >= 4 is 31.7 Å². The molecule has 1 aromatic rings. The number of carbonyl (C=O) groups is 1. The van der Waals surface area contributed by atoms with Gasteiger partial charge in [-0.25, -0.2) is 8.42 Å². The summed E-state index contributed by atoms with van der Waals surface area (Å²) in [5.74, 6) is -0.140. The Morgan fingerprint density at radius 1 is 1.30 bits per heavy atom. The fourth-order valence-electron chi connectivity index (χ4n) is 2.76. The second kappa shape index (κ2) is 5.13. The number of fused-ring (bicyclic) bond motifs is 1. The highest BCUT2D eigenvalue weighted by molar-refractivity contribution is 9.10. The number of rotatable bonds is 1. The Hall–Kier alpha value is -0.920. The molecule has 108 valence electrons. The van der Waals surface area contributed by atoms with Crippen LogP contribution in [0.5, 0.6) is 0 Å². The summed E-state index contributed by atoms with van der Waals surface area (Å²) in [5.41, 5.74) is 0.553. The molecule has 2 unspecified atom stereocenters. The molecule has 2 aliphatic heterocycles. The van der Waals surface area contributed by atoms with E-state index in [0.29, 0.717) is 23.2 Å². The van der Waals surface area contributed by atoms with Crippen LogP contribution in [0.1, 0.15) is 10.4 Å². The molecule has 20 heavy (non-hydrogen) atoms. The lowest BCUT2D eigenvalue weighted by Crippen LogP contribution is -2.53. The molecule has 2 aliphatic rings. The molecule has 0 spiro atoms. The lowest BCUT2D eigenvalue weighted by Gasteiger charge is -2.36. The molecule has 5 nitrogen and oxygen atoms in total. The van der Waals surface area contributed by atoms with E-state index in [9.17, 15) is 13.2 Å². The number of nitrogens with zero attached hydrogens (tertiary/aromatic N) is 1. The van der Waals surface area contributed by atoms with Gasteiger partial charge in [0, 0.05) is 11.0 Å². The summed E-state index contributed by atoms with van der Waals surface area (Å²) < 4.78 is 29.7. The molecule has 7 heteroatoms. The average molecular weight is 360 g/mol. The number of hydrogen-bond acceptors (Lipinski definition) is 4. The Kier molecular flexibility index (Phi) is 3.60. The summed E-state index contributed by atoms with van der Waals surface area (Å²) in [4.78, 5) is 14.3. The number of amides is 1. The predicted octanol–water partition coefficient (Wildman–Crippen LogP) is 1.09. The summed E-state index contributed by atoms with van der Waals surface area (Å²) in [6, 6.07) is 6.80. The Balaban J connectivity index is 1.90. The zero-order valence-electron chi connectivity index (χ0n) is 10.7. The number of sulfone groups is 1. The van der Waals surface area contributed by atoms with Crippen LogP contribution in [-0.4, -0.2) is 56.0 Å². The van der Waals surface area contributed by atoms with Gasteiger partial charge >= 0.3 is 0 Å². The maximum Gasteiger partial charge on any atom is 0.255 e. The quantitative estimate of drug-likeness (QED) is 0.752. The third kappa shape index (κ3) is 2.49. The smallest absolute Gasteiger partial charge is 0.255 e. The van der Waals surface area contributed by atoms with E-state index in [2.05, 4.69) is 15.9 Å². The summed E-state index contributed by atoms with van der Waals surface area (Å²) in [7, 11) is -3.12. The molecule has 0 saturated carbocycles. The molecule has 0 bridgehead atoms. The van der Waals surface area contributed by atoms with Gasteiger partial charge in [0.2, 0.25) is 0 Å². The highest BCUT2D eigenvalue weighted by atomic mass is 79.9. The van der Waals surface area contributed by atoms with Crippen LogP contribution in [0.2, 0.25) is 0 Å². The van der Waals surface area contributed by atoms with Crippen LogP contribution in [0.4, 0.5) is 0 Å². The number of hydrogen-bond donors (Lipinski definition) is 0. The third-order valence-electron chi connectivity index (χ3n) is 3.70. The first-order valence-corrected chi connectivity index (χ1v) is 8.97. The number of benzene rings is 1. The minimum atomic E-state index is -3.12. The maximum absolute atomic E-state index is 12.6. The molecule has 0 N–H and O–H groups in total. The van der Waals surface area contributed by atoms with E-state index in [-0.39, 0.29) is 29.6 Å². The van der Waals surface area contributed by atoms with Crippen LogP contribution < -0.4 is 0 Å². The van der Waals surface area contributed by atoms with Gasteiger partial charge < -0.3 is 9.64 Å². The molecule has 2 saturated heterocycles. The monoisotopic (exact) mass is 359 g/mol. The van der Waals surface area contributed by atoms with Gasteiger partial charge in [0.05, 0.1) is 35.8 Å². The third-order valence-corrected chi connectivity index (χ3v) is 6.08. The molecule has 3 rings (SSSR count). The summed E-state index contributed by atoms with van der Waals surface area (Å²) in [6.07, 6.45) is -0.389. The van der Waals surface area contributed by atoms with Crippen molar-refractivity contribution in [1.29, 1.82) is 0 Å². The fraction of sp³-hybridized carbons (Fsp3) is 0.462. The number of morpholine rings is 1. The van der Waals surface area contributed by atoms with Gasteiger partial charge in [0.1, 0.15) is 0 Å². The molecule has 0 radical (unpaired) electrons. The van der Waals surface area contributed by atoms with Gasteiger partial charge in [0.25, 0.3) is 5.91 Å². The van der Waals surface area contributed by atoms with Crippen molar-refractivity contribution in [3.05, 3.63) is 34.3 Å². The maximum atomic E-state index is 12.6. The second-order valence-corrected chi connectivity index (χ2v) is 8.04. The summed E-state index contributed by atoms with van der Waals surface area (Å²) >= 11 is 3.36. The van der Waals surface area contributed by atoms with E-state index in [1.807, 2.05) is 6.07 Å². The summed E-state index contributed by atoms with van der Waals surface area (Å²) in [5, 5.41) is 0. The molecule has 0 aromatic heterocycles. The van der Waals surface area contributed by atoms with E-state index in [1.165, 1.54) is 0 Å². The van der Waals surface area contributed by atoms with Crippen molar-refractivity contribution in [1.82, 2.24) is 4.90 Å². The van der Waals surface area contributed by atoms with Gasteiger partial charge in [-0.3, -0.25) is 4.79 Å². The Morgan fingerprint density at radius 2 is 2.05 bits per heavy atom. The fourth-order valence-corrected chi connectivity index (χ4v) is 5.08. The van der Waals surface area contributed by atoms with E-state index in [4.69, 9.17) is 4.74 Å². The van der Waals surface area contributed by atoms with Crippen LogP contribution in [-0.2, 0) is 14.6 Å². The van der Waals surface area contributed by atoms with Crippen molar-refractivity contribution in [3.63, 3.8) is 0 Å². The van der Waals surface area contributed by atoms with Crippen molar-refractivity contribution in [2.75, 3.05) is 24.7 Å². The zero-order valence-corrected chi connectivity index (χ0v) is 13.1. The first kappa shape index (κ1) is 14.0. The van der Waals surface area contributed by atoms with Crippen molar-refractivity contribution in [2.24, 2.45) is 0 Å². The Morgan fingerprint density at radius 3 is 2.80 bits per heavy atom. The largest absolute Gasteiger partial charge is 0.373 e. The highest BCUT2D eigenvalue weighted by Gasteiger charge is 2.45. The van der Waals surface area contributed by atoms with Crippen molar-refractivity contribution in [2.45, 2.75) is 12.1 Å². The number of halogens is 1. The van der Waals surface area contributed by atoms with E-state index < -0.39 is 9.84 Å². The molecule has 1 aromatic carbocycles. The lowest BCUT2D eigenvalue weighted by molar-refractivity contribution is -0.0361. The van der Waals surface area contributed by atoms with Crippen LogP contribution in [0.3, 0.4) is 0 Å². The molecule has 2 atom stereocenters. The standard InChI is InChI=1S/C13H14BrNO4S/c14-10-4-2-1-3-9(10)13(16)15-5-6-19-12-8-20(17,18)7-11(12)15/h1-4,11-12H,5-8H2. The van der Waals surface area contributed by atoms with E-state index >= 15 is 0 Å². The molecule has 2 fully saturated rings. The normalized spacial score (nSPS) is 28.1. The molecular weight excluding hydrogens is 346 g/mol. The molecule has 1 amide bonds. The lowest BCUT2D eigenvalue weighted by atomic mass is 10.1.